The molecule has 0 fully saturated rings. The SMILES string of the molecule is CCNC(c1ccc(C)cc1)c1snnc1C(C)(C)C. The van der Waals surface area contributed by atoms with Crippen LogP contribution in [0.1, 0.15) is 55.4 Å². The summed E-state index contributed by atoms with van der Waals surface area (Å²) in [7, 11) is 0. The van der Waals surface area contributed by atoms with Gasteiger partial charge in [-0.2, -0.15) is 0 Å². The van der Waals surface area contributed by atoms with Crippen molar-refractivity contribution in [1.29, 1.82) is 0 Å². The van der Waals surface area contributed by atoms with E-state index in [2.05, 4.69) is 73.8 Å². The van der Waals surface area contributed by atoms with E-state index >= 15 is 0 Å². The van der Waals surface area contributed by atoms with Crippen LogP contribution in [0.25, 0.3) is 0 Å². The Morgan fingerprint density at radius 2 is 1.85 bits per heavy atom. The standard InChI is InChI=1S/C16H23N3S/c1-6-17-13(12-9-7-11(2)8-10-12)14-15(16(3,4)5)18-19-20-14/h7-10,13,17H,6H2,1-5H3. The second-order valence-electron chi connectivity index (χ2n) is 6.14. The Morgan fingerprint density at radius 3 is 2.40 bits per heavy atom. The lowest BCUT2D eigenvalue weighted by Gasteiger charge is -2.22. The second-order valence-corrected chi connectivity index (χ2v) is 6.92. The number of nitrogens with zero attached hydrogens (tertiary/aromatic N) is 2. The van der Waals surface area contributed by atoms with Crippen molar-refractivity contribution < 1.29 is 0 Å². The molecule has 4 heteroatoms. The fraction of sp³-hybridized carbons (Fsp3) is 0.500. The van der Waals surface area contributed by atoms with Crippen LogP contribution < -0.4 is 5.32 Å². The first kappa shape index (κ1) is 15.1. The lowest BCUT2D eigenvalue weighted by atomic mass is 9.88. The molecule has 1 unspecified atom stereocenters. The molecule has 0 aliphatic carbocycles. The average molecular weight is 289 g/mol. The normalized spacial score (nSPS) is 13.4. The fourth-order valence-corrected chi connectivity index (χ4v) is 3.20. The highest BCUT2D eigenvalue weighted by atomic mass is 32.1. The van der Waals surface area contributed by atoms with Crippen LogP contribution >= 0.6 is 11.5 Å². The maximum atomic E-state index is 4.36. The van der Waals surface area contributed by atoms with Crippen LogP contribution in [0, 0.1) is 6.92 Å². The molecule has 0 amide bonds. The van der Waals surface area contributed by atoms with Gasteiger partial charge in [-0.05, 0) is 30.6 Å². The maximum Gasteiger partial charge on any atom is 0.0860 e. The summed E-state index contributed by atoms with van der Waals surface area (Å²) < 4.78 is 4.19. The summed E-state index contributed by atoms with van der Waals surface area (Å²) in [5.41, 5.74) is 3.66. The third-order valence-electron chi connectivity index (χ3n) is 3.30. The van der Waals surface area contributed by atoms with Crippen molar-refractivity contribution in [1.82, 2.24) is 14.9 Å². The maximum absolute atomic E-state index is 4.36. The summed E-state index contributed by atoms with van der Waals surface area (Å²) in [5.74, 6) is 0. The quantitative estimate of drug-likeness (QED) is 0.929. The van der Waals surface area contributed by atoms with Gasteiger partial charge in [-0.15, -0.1) is 5.10 Å². The molecule has 1 N–H and O–H groups in total. The van der Waals surface area contributed by atoms with Crippen LogP contribution in [0.5, 0.6) is 0 Å². The molecular weight excluding hydrogens is 266 g/mol. The molecule has 1 aromatic heterocycles. The number of rotatable bonds is 4. The van der Waals surface area contributed by atoms with Crippen molar-refractivity contribution in [3.63, 3.8) is 0 Å². The molecule has 1 atom stereocenters. The minimum absolute atomic E-state index is 0.0146. The van der Waals surface area contributed by atoms with Crippen molar-refractivity contribution >= 4 is 11.5 Å². The Hall–Kier alpha value is -1.26. The zero-order valence-corrected chi connectivity index (χ0v) is 13.7. The van der Waals surface area contributed by atoms with Crippen molar-refractivity contribution in [2.75, 3.05) is 6.54 Å². The van der Waals surface area contributed by atoms with Crippen molar-refractivity contribution in [2.24, 2.45) is 0 Å². The number of hydrogen-bond acceptors (Lipinski definition) is 4. The first-order chi connectivity index (χ1) is 9.43. The first-order valence-corrected chi connectivity index (χ1v) is 7.83. The molecule has 3 nitrogen and oxygen atoms in total. The van der Waals surface area contributed by atoms with Gasteiger partial charge in [0.05, 0.1) is 16.6 Å². The topological polar surface area (TPSA) is 37.8 Å². The lowest BCUT2D eigenvalue weighted by Crippen LogP contribution is -2.25. The summed E-state index contributed by atoms with van der Waals surface area (Å²) in [4.78, 5) is 1.23. The summed E-state index contributed by atoms with van der Waals surface area (Å²) in [6.45, 7) is 11.7. The highest BCUT2D eigenvalue weighted by molar-refractivity contribution is 7.05. The van der Waals surface area contributed by atoms with Gasteiger partial charge in [-0.25, -0.2) is 0 Å². The number of benzene rings is 1. The smallest absolute Gasteiger partial charge is 0.0860 e. The molecule has 0 saturated carbocycles. The Balaban J connectivity index is 2.44. The Morgan fingerprint density at radius 1 is 1.20 bits per heavy atom. The predicted octanol–water partition coefficient (Wildman–Crippen LogP) is 3.84. The van der Waals surface area contributed by atoms with Gasteiger partial charge >= 0.3 is 0 Å². The minimum atomic E-state index is 0.0146. The van der Waals surface area contributed by atoms with E-state index in [4.69, 9.17) is 0 Å². The van der Waals surface area contributed by atoms with E-state index in [1.54, 1.807) is 0 Å². The van der Waals surface area contributed by atoms with E-state index in [0.717, 1.165) is 12.2 Å². The van der Waals surface area contributed by atoms with Gasteiger partial charge in [-0.1, -0.05) is 62.0 Å². The molecule has 2 rings (SSSR count). The number of nitrogens with one attached hydrogen (secondary N) is 1. The molecule has 108 valence electrons. The van der Waals surface area contributed by atoms with Crippen molar-refractivity contribution in [3.8, 4) is 0 Å². The van der Waals surface area contributed by atoms with Crippen LogP contribution in [0.4, 0.5) is 0 Å². The summed E-state index contributed by atoms with van der Waals surface area (Å²) in [5, 5.41) is 7.93. The van der Waals surface area contributed by atoms with E-state index < -0.39 is 0 Å². The van der Waals surface area contributed by atoms with Crippen LogP contribution in [-0.2, 0) is 5.41 Å². The number of aromatic nitrogens is 2. The van der Waals surface area contributed by atoms with Gasteiger partial charge in [0.2, 0.25) is 0 Å². The highest BCUT2D eigenvalue weighted by Gasteiger charge is 2.27. The molecule has 0 aliphatic rings. The van der Waals surface area contributed by atoms with E-state index in [1.165, 1.54) is 27.5 Å². The van der Waals surface area contributed by atoms with E-state index in [-0.39, 0.29) is 11.5 Å². The highest BCUT2D eigenvalue weighted by Crippen LogP contribution is 2.33. The molecule has 0 saturated heterocycles. The zero-order chi connectivity index (χ0) is 14.8. The van der Waals surface area contributed by atoms with Crippen LogP contribution in [0.3, 0.4) is 0 Å². The Kier molecular flexibility index (Phi) is 4.55. The van der Waals surface area contributed by atoms with E-state index in [0.29, 0.717) is 0 Å². The monoisotopic (exact) mass is 289 g/mol. The molecule has 0 bridgehead atoms. The van der Waals surface area contributed by atoms with Crippen LogP contribution in [0.2, 0.25) is 0 Å². The molecule has 1 heterocycles. The van der Waals surface area contributed by atoms with Gasteiger partial charge < -0.3 is 5.32 Å². The van der Waals surface area contributed by atoms with Crippen LogP contribution in [-0.4, -0.2) is 16.1 Å². The fourth-order valence-electron chi connectivity index (χ4n) is 2.23. The van der Waals surface area contributed by atoms with Crippen LogP contribution in [0.15, 0.2) is 24.3 Å². The number of aryl methyl sites for hydroxylation is 1. The molecular formula is C16H23N3S. The Bertz CT molecular complexity index is 552. The van der Waals surface area contributed by atoms with Gasteiger partial charge in [0.15, 0.2) is 0 Å². The number of hydrogen-bond donors (Lipinski definition) is 1. The van der Waals surface area contributed by atoms with Crippen molar-refractivity contribution in [3.05, 3.63) is 46.0 Å². The minimum Gasteiger partial charge on any atom is -0.306 e. The zero-order valence-electron chi connectivity index (χ0n) is 12.9. The van der Waals surface area contributed by atoms with E-state index in [9.17, 15) is 0 Å². The third kappa shape index (κ3) is 3.25. The molecule has 0 radical (unpaired) electrons. The first-order valence-electron chi connectivity index (χ1n) is 7.06. The summed E-state index contributed by atoms with van der Waals surface area (Å²) in [6.07, 6.45) is 0. The lowest BCUT2D eigenvalue weighted by molar-refractivity contribution is 0.543. The van der Waals surface area contributed by atoms with Gasteiger partial charge in [0.1, 0.15) is 0 Å². The molecule has 1 aromatic carbocycles. The molecule has 2 aromatic rings. The van der Waals surface area contributed by atoms with Gasteiger partial charge in [0.25, 0.3) is 0 Å². The molecule has 20 heavy (non-hydrogen) atoms. The third-order valence-corrected chi connectivity index (χ3v) is 4.09. The molecule has 0 spiro atoms. The average Bonchev–Trinajstić information content (AvgIpc) is 2.86. The van der Waals surface area contributed by atoms with Crippen molar-refractivity contribution in [2.45, 2.75) is 46.1 Å². The second kappa shape index (κ2) is 6.02. The van der Waals surface area contributed by atoms with Gasteiger partial charge in [0, 0.05) is 5.41 Å². The molecule has 0 aliphatic heterocycles. The summed E-state index contributed by atoms with van der Waals surface area (Å²) in [6, 6.07) is 8.87. The Labute approximate surface area is 125 Å². The largest absolute Gasteiger partial charge is 0.306 e. The summed E-state index contributed by atoms with van der Waals surface area (Å²) >= 11 is 1.50. The van der Waals surface area contributed by atoms with Gasteiger partial charge in [-0.3, -0.25) is 0 Å². The van der Waals surface area contributed by atoms with E-state index in [1.807, 2.05) is 0 Å². The predicted molar refractivity (Wildman–Crippen MR) is 85.3 cm³/mol.